The number of carbonyl (C=O) groups is 1. The van der Waals surface area contributed by atoms with E-state index in [0.29, 0.717) is 5.75 Å². The number of benzene rings is 2. The molecule has 0 saturated heterocycles. The smallest absolute Gasteiger partial charge is 0.326 e. The fraction of sp³-hybridized carbons (Fsp3) is 0.235. The summed E-state index contributed by atoms with van der Waals surface area (Å²) in [5, 5.41) is 11.3. The van der Waals surface area contributed by atoms with Gasteiger partial charge in [-0.05, 0) is 25.1 Å². The summed E-state index contributed by atoms with van der Waals surface area (Å²) in [4.78, 5) is 21.9. The molecule has 0 amide bonds. The second-order valence-corrected chi connectivity index (χ2v) is 7.07. The number of rotatable bonds is 8. The fourth-order valence-corrected chi connectivity index (χ4v) is 3.91. The molecule has 0 fully saturated rings. The molecule has 27 heavy (non-hydrogen) atoms. The van der Waals surface area contributed by atoms with Crippen LogP contribution in [0.1, 0.15) is 6.92 Å². The van der Waals surface area contributed by atoms with E-state index < -0.39 is 38.0 Å². The predicted molar refractivity (Wildman–Crippen MR) is 97.3 cm³/mol. The summed E-state index contributed by atoms with van der Waals surface area (Å²) in [7, 11) is -3.02. The van der Waals surface area contributed by atoms with Crippen LogP contribution in [0.5, 0.6) is 5.75 Å². The van der Waals surface area contributed by atoms with Crippen LogP contribution in [-0.2, 0) is 19.6 Å². The summed E-state index contributed by atoms with van der Waals surface area (Å²) in [5.41, 5.74) is -0.477. The summed E-state index contributed by atoms with van der Waals surface area (Å²) in [6, 6.07) is 10.9. The highest BCUT2D eigenvalue weighted by molar-refractivity contribution is 7.93. The van der Waals surface area contributed by atoms with Crippen molar-refractivity contribution in [1.29, 1.82) is 0 Å². The van der Waals surface area contributed by atoms with Gasteiger partial charge in [0, 0.05) is 12.1 Å². The SMILES string of the molecule is CCOC(=O)CN(c1cccc(OC)c1)S(=O)(=O)c1ccccc1[N+](=O)[O-]. The van der Waals surface area contributed by atoms with Gasteiger partial charge in [0.1, 0.15) is 12.3 Å². The molecule has 0 saturated carbocycles. The van der Waals surface area contributed by atoms with Crippen molar-refractivity contribution in [3.05, 3.63) is 58.6 Å². The van der Waals surface area contributed by atoms with E-state index in [1.54, 1.807) is 19.1 Å². The van der Waals surface area contributed by atoms with Crippen LogP contribution in [0.15, 0.2) is 53.4 Å². The summed E-state index contributed by atoms with van der Waals surface area (Å²) in [6.07, 6.45) is 0. The molecule has 0 spiro atoms. The third-order valence-corrected chi connectivity index (χ3v) is 5.37. The predicted octanol–water partition coefficient (Wildman–Crippen LogP) is 2.36. The molecular weight excluding hydrogens is 376 g/mol. The minimum atomic E-state index is -4.43. The molecule has 0 aliphatic carbocycles. The van der Waals surface area contributed by atoms with Gasteiger partial charge < -0.3 is 9.47 Å². The molecule has 0 unspecified atom stereocenters. The Labute approximate surface area is 156 Å². The second-order valence-electron chi connectivity index (χ2n) is 5.24. The number of ether oxygens (including phenoxy) is 2. The Kier molecular flexibility index (Phi) is 6.35. The quantitative estimate of drug-likeness (QED) is 0.383. The standard InChI is InChI=1S/C17H18N2O7S/c1-3-26-17(20)12-18(13-7-6-8-14(11-13)25-2)27(23,24)16-10-5-4-9-15(16)19(21)22/h4-11H,3,12H2,1-2H3. The van der Waals surface area contributed by atoms with Crippen molar-refractivity contribution >= 4 is 27.4 Å². The van der Waals surface area contributed by atoms with E-state index in [1.165, 1.54) is 31.4 Å². The molecule has 2 rings (SSSR count). The number of sulfonamides is 1. The van der Waals surface area contributed by atoms with E-state index in [0.717, 1.165) is 16.4 Å². The van der Waals surface area contributed by atoms with Crippen molar-refractivity contribution < 1.29 is 27.6 Å². The number of nitro benzene ring substituents is 1. The van der Waals surface area contributed by atoms with Crippen LogP contribution in [0.3, 0.4) is 0 Å². The fourth-order valence-electron chi connectivity index (χ4n) is 2.35. The molecule has 0 N–H and O–H groups in total. The summed E-state index contributed by atoms with van der Waals surface area (Å²) in [6.45, 7) is 1.01. The highest BCUT2D eigenvalue weighted by Crippen LogP contribution is 2.31. The number of para-hydroxylation sites is 1. The normalized spacial score (nSPS) is 10.9. The van der Waals surface area contributed by atoms with Gasteiger partial charge in [0.2, 0.25) is 0 Å². The Bertz CT molecular complexity index is 944. The molecule has 10 heteroatoms. The Hall–Kier alpha value is -3.14. The van der Waals surface area contributed by atoms with Crippen LogP contribution in [0, 0.1) is 10.1 Å². The van der Waals surface area contributed by atoms with Crippen LogP contribution >= 0.6 is 0 Å². The summed E-state index contributed by atoms with van der Waals surface area (Å²) >= 11 is 0. The molecule has 2 aromatic rings. The molecule has 0 aliphatic heterocycles. The maximum absolute atomic E-state index is 13.2. The summed E-state index contributed by atoms with van der Waals surface area (Å²) < 4.78 is 37.0. The molecule has 0 atom stereocenters. The van der Waals surface area contributed by atoms with E-state index >= 15 is 0 Å². The van der Waals surface area contributed by atoms with Gasteiger partial charge in [0.15, 0.2) is 4.90 Å². The van der Waals surface area contributed by atoms with Crippen molar-refractivity contribution in [1.82, 2.24) is 0 Å². The van der Waals surface area contributed by atoms with Crippen LogP contribution < -0.4 is 9.04 Å². The molecule has 9 nitrogen and oxygen atoms in total. The molecule has 0 bridgehead atoms. The van der Waals surface area contributed by atoms with Crippen LogP contribution in [0.4, 0.5) is 11.4 Å². The third kappa shape index (κ3) is 4.53. The minimum absolute atomic E-state index is 0.0658. The van der Waals surface area contributed by atoms with E-state index in [9.17, 15) is 23.3 Å². The van der Waals surface area contributed by atoms with Crippen molar-refractivity contribution in [3.63, 3.8) is 0 Å². The van der Waals surface area contributed by atoms with Gasteiger partial charge in [-0.3, -0.25) is 19.2 Å². The van der Waals surface area contributed by atoms with Gasteiger partial charge in [-0.25, -0.2) is 8.42 Å². The molecule has 0 radical (unpaired) electrons. The Morgan fingerprint density at radius 1 is 1.19 bits per heavy atom. The van der Waals surface area contributed by atoms with Gasteiger partial charge in [0.25, 0.3) is 15.7 Å². The molecule has 0 aliphatic rings. The van der Waals surface area contributed by atoms with Crippen molar-refractivity contribution in [2.75, 3.05) is 24.6 Å². The largest absolute Gasteiger partial charge is 0.497 e. The number of nitro groups is 1. The maximum atomic E-state index is 13.2. The monoisotopic (exact) mass is 394 g/mol. The van der Waals surface area contributed by atoms with E-state index in [2.05, 4.69) is 0 Å². The highest BCUT2D eigenvalue weighted by Gasteiger charge is 2.33. The number of hydrogen-bond acceptors (Lipinski definition) is 7. The van der Waals surface area contributed by atoms with Crippen molar-refractivity contribution in [2.45, 2.75) is 11.8 Å². The molecule has 0 heterocycles. The second kappa shape index (κ2) is 8.49. The van der Waals surface area contributed by atoms with Crippen molar-refractivity contribution in [2.24, 2.45) is 0 Å². The lowest BCUT2D eigenvalue weighted by Gasteiger charge is -2.23. The summed E-state index contributed by atoms with van der Waals surface area (Å²) in [5.74, 6) is -0.429. The zero-order chi connectivity index (χ0) is 20.0. The van der Waals surface area contributed by atoms with E-state index in [-0.39, 0.29) is 12.3 Å². The maximum Gasteiger partial charge on any atom is 0.326 e. The van der Waals surface area contributed by atoms with Gasteiger partial charge >= 0.3 is 5.97 Å². The van der Waals surface area contributed by atoms with Gasteiger partial charge in [-0.2, -0.15) is 0 Å². The number of nitrogens with zero attached hydrogens (tertiary/aromatic N) is 2. The first-order valence-electron chi connectivity index (χ1n) is 7.87. The van der Waals surface area contributed by atoms with Crippen LogP contribution in [0.25, 0.3) is 0 Å². The van der Waals surface area contributed by atoms with Crippen molar-refractivity contribution in [3.8, 4) is 5.75 Å². The Morgan fingerprint density at radius 2 is 1.89 bits per heavy atom. The number of hydrogen-bond donors (Lipinski definition) is 0. The Morgan fingerprint density at radius 3 is 2.52 bits per heavy atom. The zero-order valence-corrected chi connectivity index (χ0v) is 15.5. The number of anilines is 1. The number of esters is 1. The van der Waals surface area contributed by atoms with Gasteiger partial charge in [0.05, 0.1) is 24.3 Å². The van der Waals surface area contributed by atoms with Gasteiger partial charge in [-0.1, -0.05) is 18.2 Å². The van der Waals surface area contributed by atoms with Gasteiger partial charge in [-0.15, -0.1) is 0 Å². The number of methoxy groups -OCH3 is 1. The highest BCUT2D eigenvalue weighted by atomic mass is 32.2. The molecule has 0 aromatic heterocycles. The molecular formula is C17H18N2O7S. The lowest BCUT2D eigenvalue weighted by atomic mass is 10.3. The lowest BCUT2D eigenvalue weighted by Crippen LogP contribution is -2.37. The molecule has 2 aromatic carbocycles. The number of carbonyl (C=O) groups excluding carboxylic acids is 1. The minimum Gasteiger partial charge on any atom is -0.497 e. The van der Waals surface area contributed by atoms with Crippen LogP contribution in [-0.4, -0.2) is 39.6 Å². The average Bonchev–Trinajstić information content (AvgIpc) is 2.66. The first-order valence-corrected chi connectivity index (χ1v) is 9.31. The lowest BCUT2D eigenvalue weighted by molar-refractivity contribution is -0.387. The Balaban J connectivity index is 2.61. The molecule has 144 valence electrons. The third-order valence-electron chi connectivity index (χ3n) is 3.55. The first kappa shape index (κ1) is 20.2. The van der Waals surface area contributed by atoms with E-state index in [1.807, 2.05) is 0 Å². The van der Waals surface area contributed by atoms with Crippen LogP contribution in [0.2, 0.25) is 0 Å². The topological polar surface area (TPSA) is 116 Å². The first-order chi connectivity index (χ1) is 12.8. The average molecular weight is 394 g/mol. The zero-order valence-electron chi connectivity index (χ0n) is 14.7. The van der Waals surface area contributed by atoms with E-state index in [4.69, 9.17) is 9.47 Å².